The Kier molecular flexibility index (Phi) is 4.74. The lowest BCUT2D eigenvalue weighted by Gasteiger charge is -2.18. The Hall–Kier alpha value is -4.08. The molecule has 1 atom stereocenters. The molecule has 30 heavy (non-hydrogen) atoms. The molecule has 1 N–H and O–H groups in total. The Bertz CT molecular complexity index is 1080. The summed E-state index contributed by atoms with van der Waals surface area (Å²) in [6.07, 6.45) is 0.0915. The maximum atomic E-state index is 12.6. The molecule has 0 saturated carbocycles. The Morgan fingerprint density at radius 3 is 2.50 bits per heavy atom. The second kappa shape index (κ2) is 7.39. The Morgan fingerprint density at radius 2 is 1.80 bits per heavy atom. The molecular formula is C20H16N4O6. The minimum atomic E-state index is -0.883. The van der Waals surface area contributed by atoms with Crippen molar-refractivity contribution in [1.29, 1.82) is 0 Å². The summed E-state index contributed by atoms with van der Waals surface area (Å²) in [6, 6.07) is 12.3. The quantitative estimate of drug-likeness (QED) is 0.448. The summed E-state index contributed by atoms with van der Waals surface area (Å²) in [5, 5.41) is 13.8. The van der Waals surface area contributed by atoms with E-state index in [1.54, 1.807) is 29.2 Å². The number of carbonyl (C=O) groups is 4. The molecule has 0 bridgehead atoms. The standard InChI is InChI=1S/C20H16N4O6/c25-16(21-12-9-17(26)22(10-12)13-5-2-1-3-6-13)11-23-19(27)14-7-4-8-15(24(29)30)18(14)20(23)28/h1-8,12H,9-11H2,(H,21,25). The van der Waals surface area contributed by atoms with Gasteiger partial charge in [-0.25, -0.2) is 0 Å². The third-order valence-electron chi connectivity index (χ3n) is 5.03. The van der Waals surface area contributed by atoms with Gasteiger partial charge in [-0.05, 0) is 18.2 Å². The van der Waals surface area contributed by atoms with Crippen LogP contribution in [0.3, 0.4) is 0 Å². The van der Waals surface area contributed by atoms with Crippen LogP contribution in [0.15, 0.2) is 48.5 Å². The molecule has 1 saturated heterocycles. The summed E-state index contributed by atoms with van der Waals surface area (Å²) in [6.45, 7) is -0.318. The SMILES string of the molecule is O=C(CN1C(=O)c2cccc([N+](=O)[O-])c2C1=O)NC1CC(=O)N(c2ccccc2)C1. The van der Waals surface area contributed by atoms with Gasteiger partial charge >= 0.3 is 0 Å². The average Bonchev–Trinajstić information content (AvgIpc) is 3.21. The lowest BCUT2D eigenvalue weighted by Crippen LogP contribution is -2.45. The van der Waals surface area contributed by atoms with Gasteiger partial charge < -0.3 is 10.2 Å². The molecule has 152 valence electrons. The molecule has 1 fully saturated rings. The highest BCUT2D eigenvalue weighted by molar-refractivity contribution is 6.24. The van der Waals surface area contributed by atoms with E-state index >= 15 is 0 Å². The molecule has 2 heterocycles. The van der Waals surface area contributed by atoms with Gasteiger partial charge in [-0.15, -0.1) is 0 Å². The van der Waals surface area contributed by atoms with E-state index in [0.717, 1.165) is 6.07 Å². The third kappa shape index (κ3) is 3.28. The highest BCUT2D eigenvalue weighted by atomic mass is 16.6. The zero-order valence-corrected chi connectivity index (χ0v) is 15.6. The van der Waals surface area contributed by atoms with Crippen molar-refractivity contribution in [2.75, 3.05) is 18.0 Å². The van der Waals surface area contributed by atoms with Crippen LogP contribution in [-0.2, 0) is 9.59 Å². The first-order valence-corrected chi connectivity index (χ1v) is 9.15. The number of nitrogens with zero attached hydrogens (tertiary/aromatic N) is 3. The number of nitrogens with one attached hydrogen (secondary N) is 1. The van der Waals surface area contributed by atoms with Crippen LogP contribution in [0, 0.1) is 10.1 Å². The van der Waals surface area contributed by atoms with Gasteiger partial charge in [-0.2, -0.15) is 0 Å². The van der Waals surface area contributed by atoms with Crippen LogP contribution in [0.25, 0.3) is 0 Å². The monoisotopic (exact) mass is 408 g/mol. The number of nitro benzene ring substituents is 1. The van der Waals surface area contributed by atoms with Crippen molar-refractivity contribution in [3.05, 3.63) is 69.8 Å². The van der Waals surface area contributed by atoms with Crippen LogP contribution >= 0.6 is 0 Å². The van der Waals surface area contributed by atoms with E-state index in [2.05, 4.69) is 5.32 Å². The topological polar surface area (TPSA) is 130 Å². The molecule has 0 aliphatic carbocycles. The molecule has 2 aromatic carbocycles. The first kappa shape index (κ1) is 19.2. The van der Waals surface area contributed by atoms with Crippen LogP contribution in [0.5, 0.6) is 0 Å². The summed E-state index contributed by atoms with van der Waals surface area (Å²) in [5.41, 5.74) is -0.180. The number of nitro groups is 1. The summed E-state index contributed by atoms with van der Waals surface area (Å²) < 4.78 is 0. The van der Waals surface area contributed by atoms with E-state index in [0.29, 0.717) is 10.6 Å². The molecule has 2 aromatic rings. The molecule has 2 aliphatic heterocycles. The van der Waals surface area contributed by atoms with E-state index in [9.17, 15) is 29.3 Å². The van der Waals surface area contributed by atoms with E-state index in [1.165, 1.54) is 12.1 Å². The highest BCUT2D eigenvalue weighted by Gasteiger charge is 2.42. The predicted octanol–water partition coefficient (Wildman–Crippen LogP) is 1.11. The molecule has 0 spiro atoms. The van der Waals surface area contributed by atoms with Gasteiger partial charge in [0.15, 0.2) is 0 Å². The normalized spacial score (nSPS) is 18.0. The van der Waals surface area contributed by atoms with Gasteiger partial charge in [0, 0.05) is 24.7 Å². The van der Waals surface area contributed by atoms with Crippen molar-refractivity contribution in [3.8, 4) is 0 Å². The van der Waals surface area contributed by atoms with Crippen molar-refractivity contribution in [2.45, 2.75) is 12.5 Å². The Labute approximate surface area is 170 Å². The zero-order valence-electron chi connectivity index (χ0n) is 15.6. The Balaban J connectivity index is 1.43. The van der Waals surface area contributed by atoms with Crippen molar-refractivity contribution < 1.29 is 24.1 Å². The van der Waals surface area contributed by atoms with Crippen LogP contribution in [0.1, 0.15) is 27.1 Å². The first-order chi connectivity index (χ1) is 14.4. The van der Waals surface area contributed by atoms with Crippen LogP contribution in [0.2, 0.25) is 0 Å². The molecule has 4 rings (SSSR count). The van der Waals surface area contributed by atoms with Crippen molar-refractivity contribution in [1.82, 2.24) is 10.2 Å². The number of amides is 4. The average molecular weight is 408 g/mol. The van der Waals surface area contributed by atoms with Crippen LogP contribution < -0.4 is 10.2 Å². The molecular weight excluding hydrogens is 392 g/mol. The largest absolute Gasteiger partial charge is 0.349 e. The smallest absolute Gasteiger partial charge is 0.282 e. The zero-order chi connectivity index (χ0) is 21.4. The summed E-state index contributed by atoms with van der Waals surface area (Å²) in [7, 11) is 0. The van der Waals surface area contributed by atoms with Gasteiger partial charge in [0.25, 0.3) is 17.5 Å². The second-order valence-corrected chi connectivity index (χ2v) is 6.96. The number of benzene rings is 2. The van der Waals surface area contributed by atoms with E-state index in [1.807, 2.05) is 6.07 Å². The number of carbonyl (C=O) groups excluding carboxylic acids is 4. The van der Waals surface area contributed by atoms with Gasteiger partial charge in [0.2, 0.25) is 11.8 Å². The van der Waals surface area contributed by atoms with E-state index in [-0.39, 0.29) is 30.0 Å². The van der Waals surface area contributed by atoms with Crippen LogP contribution in [-0.4, -0.2) is 52.6 Å². The lowest BCUT2D eigenvalue weighted by molar-refractivity contribution is -0.385. The minimum absolute atomic E-state index is 0.0915. The van der Waals surface area contributed by atoms with E-state index < -0.39 is 40.9 Å². The minimum Gasteiger partial charge on any atom is -0.349 e. The maximum absolute atomic E-state index is 12.6. The molecule has 0 aromatic heterocycles. The molecule has 0 radical (unpaired) electrons. The number of hydrogen-bond acceptors (Lipinski definition) is 6. The second-order valence-electron chi connectivity index (χ2n) is 6.96. The van der Waals surface area contributed by atoms with Gasteiger partial charge in [-0.3, -0.25) is 34.2 Å². The van der Waals surface area contributed by atoms with Crippen LogP contribution in [0.4, 0.5) is 11.4 Å². The molecule has 10 nitrogen and oxygen atoms in total. The maximum Gasteiger partial charge on any atom is 0.282 e. The summed E-state index contributed by atoms with van der Waals surface area (Å²) in [5.74, 6) is -2.42. The third-order valence-corrected chi connectivity index (χ3v) is 5.03. The number of hydrogen-bond donors (Lipinski definition) is 1. The molecule has 1 unspecified atom stereocenters. The number of fused-ring (bicyclic) bond motifs is 1. The van der Waals surface area contributed by atoms with Gasteiger partial charge in [-0.1, -0.05) is 24.3 Å². The summed E-state index contributed by atoms with van der Waals surface area (Å²) >= 11 is 0. The van der Waals surface area contributed by atoms with Crippen molar-refractivity contribution in [2.24, 2.45) is 0 Å². The molecule has 10 heteroatoms. The predicted molar refractivity (Wildman–Crippen MR) is 104 cm³/mol. The van der Waals surface area contributed by atoms with Gasteiger partial charge in [0.1, 0.15) is 12.1 Å². The summed E-state index contributed by atoms with van der Waals surface area (Å²) in [4.78, 5) is 62.4. The number of rotatable bonds is 5. The fourth-order valence-corrected chi connectivity index (χ4v) is 3.69. The fourth-order valence-electron chi connectivity index (χ4n) is 3.69. The number of para-hydroxylation sites is 1. The number of anilines is 1. The lowest BCUT2D eigenvalue weighted by atomic mass is 10.1. The fraction of sp³-hybridized carbons (Fsp3) is 0.200. The Morgan fingerprint density at radius 1 is 1.07 bits per heavy atom. The molecule has 2 aliphatic rings. The van der Waals surface area contributed by atoms with E-state index in [4.69, 9.17) is 0 Å². The van der Waals surface area contributed by atoms with Crippen molar-refractivity contribution in [3.63, 3.8) is 0 Å². The highest BCUT2D eigenvalue weighted by Crippen LogP contribution is 2.30. The first-order valence-electron chi connectivity index (χ1n) is 9.15. The number of imide groups is 1. The van der Waals surface area contributed by atoms with Gasteiger partial charge in [0.05, 0.1) is 16.5 Å². The van der Waals surface area contributed by atoms with Crippen molar-refractivity contribution >= 4 is 35.0 Å². The molecule has 4 amide bonds.